The number of hydrogen-bond donors (Lipinski definition) is 1. The van der Waals surface area contributed by atoms with E-state index in [4.69, 9.17) is 0 Å². The van der Waals surface area contributed by atoms with Gasteiger partial charge in [0.2, 0.25) is 5.91 Å². The zero-order chi connectivity index (χ0) is 15.9. The first-order chi connectivity index (χ1) is 10.6. The van der Waals surface area contributed by atoms with E-state index in [1.54, 1.807) is 17.1 Å². The van der Waals surface area contributed by atoms with E-state index in [0.29, 0.717) is 19.5 Å². The van der Waals surface area contributed by atoms with Crippen LogP contribution in [-0.4, -0.2) is 46.2 Å². The van der Waals surface area contributed by atoms with Crippen molar-refractivity contribution in [2.45, 2.75) is 19.0 Å². The fourth-order valence-electron chi connectivity index (χ4n) is 2.18. The van der Waals surface area contributed by atoms with Crippen LogP contribution in [0.25, 0.3) is 0 Å². The fraction of sp³-hybridized carbons (Fsp3) is 0.400. The topological polar surface area (TPSA) is 63.1 Å². The van der Waals surface area contributed by atoms with E-state index in [1.165, 1.54) is 18.5 Å². The molecule has 0 aliphatic carbocycles. The SMILES string of the molecule is CN(C)C(CNC(=O)CCn1cncn1)c1cccc(F)c1. The number of rotatable bonds is 7. The lowest BCUT2D eigenvalue weighted by atomic mass is 10.1. The molecule has 0 spiro atoms. The molecule has 0 saturated carbocycles. The Hall–Kier alpha value is -2.28. The molecule has 7 heteroatoms. The molecule has 0 bridgehead atoms. The fourth-order valence-corrected chi connectivity index (χ4v) is 2.18. The Morgan fingerprint density at radius 2 is 2.27 bits per heavy atom. The quantitative estimate of drug-likeness (QED) is 0.835. The molecular weight excluding hydrogens is 285 g/mol. The zero-order valence-electron chi connectivity index (χ0n) is 12.7. The van der Waals surface area contributed by atoms with Crippen LogP contribution in [0.5, 0.6) is 0 Å². The van der Waals surface area contributed by atoms with Gasteiger partial charge >= 0.3 is 0 Å². The summed E-state index contributed by atoms with van der Waals surface area (Å²) < 4.78 is 15.0. The summed E-state index contributed by atoms with van der Waals surface area (Å²) in [5.41, 5.74) is 0.835. The Morgan fingerprint density at radius 3 is 2.91 bits per heavy atom. The average molecular weight is 305 g/mol. The molecule has 2 aromatic rings. The number of benzene rings is 1. The highest BCUT2D eigenvalue weighted by Gasteiger charge is 2.15. The van der Waals surface area contributed by atoms with Crippen molar-refractivity contribution in [1.82, 2.24) is 25.0 Å². The lowest BCUT2D eigenvalue weighted by Gasteiger charge is -2.25. The molecule has 1 aromatic heterocycles. The van der Waals surface area contributed by atoms with E-state index in [1.807, 2.05) is 25.1 Å². The summed E-state index contributed by atoms with van der Waals surface area (Å²) in [5, 5.41) is 6.82. The van der Waals surface area contributed by atoms with Crippen LogP contribution in [0.4, 0.5) is 4.39 Å². The van der Waals surface area contributed by atoms with Crippen LogP contribution in [0.3, 0.4) is 0 Å². The molecule has 118 valence electrons. The first kappa shape index (κ1) is 16.1. The maximum atomic E-state index is 13.3. The van der Waals surface area contributed by atoms with Crippen LogP contribution in [0.1, 0.15) is 18.0 Å². The molecule has 0 fully saturated rings. The Bertz CT molecular complexity index is 600. The highest BCUT2D eigenvalue weighted by atomic mass is 19.1. The maximum absolute atomic E-state index is 13.3. The van der Waals surface area contributed by atoms with Crippen molar-refractivity contribution in [3.8, 4) is 0 Å². The minimum Gasteiger partial charge on any atom is -0.354 e. The summed E-state index contributed by atoms with van der Waals surface area (Å²) >= 11 is 0. The smallest absolute Gasteiger partial charge is 0.221 e. The molecule has 1 unspecified atom stereocenters. The van der Waals surface area contributed by atoms with Gasteiger partial charge in [-0.05, 0) is 31.8 Å². The van der Waals surface area contributed by atoms with Gasteiger partial charge in [-0.15, -0.1) is 0 Å². The lowest BCUT2D eigenvalue weighted by Crippen LogP contribution is -2.35. The number of nitrogens with zero attached hydrogens (tertiary/aromatic N) is 4. The monoisotopic (exact) mass is 305 g/mol. The Labute approximate surface area is 129 Å². The summed E-state index contributed by atoms with van der Waals surface area (Å²) in [4.78, 5) is 17.7. The second kappa shape index (κ2) is 7.65. The molecular formula is C15H20FN5O. The van der Waals surface area contributed by atoms with Crippen molar-refractivity contribution in [3.05, 3.63) is 48.3 Å². The molecule has 0 radical (unpaired) electrons. The largest absolute Gasteiger partial charge is 0.354 e. The van der Waals surface area contributed by atoms with Crippen molar-refractivity contribution >= 4 is 5.91 Å². The van der Waals surface area contributed by atoms with Gasteiger partial charge in [-0.3, -0.25) is 9.48 Å². The normalized spacial score (nSPS) is 12.4. The maximum Gasteiger partial charge on any atom is 0.221 e. The highest BCUT2D eigenvalue weighted by Crippen LogP contribution is 2.18. The first-order valence-corrected chi connectivity index (χ1v) is 7.07. The van der Waals surface area contributed by atoms with E-state index in [9.17, 15) is 9.18 Å². The van der Waals surface area contributed by atoms with Crippen LogP contribution in [0, 0.1) is 5.82 Å². The van der Waals surface area contributed by atoms with Gasteiger partial charge in [0.05, 0.1) is 12.6 Å². The summed E-state index contributed by atoms with van der Waals surface area (Å²) in [6.45, 7) is 0.908. The van der Waals surface area contributed by atoms with Crippen LogP contribution in [0.2, 0.25) is 0 Å². The third kappa shape index (κ3) is 4.63. The van der Waals surface area contributed by atoms with Gasteiger partial charge in [-0.1, -0.05) is 12.1 Å². The molecule has 1 heterocycles. The minimum absolute atomic E-state index is 0.0706. The number of likely N-dealkylation sites (N-methyl/N-ethyl adjacent to an activating group) is 1. The second-order valence-corrected chi connectivity index (χ2v) is 5.25. The Balaban J connectivity index is 1.87. The standard InChI is InChI=1S/C15H20FN5O/c1-20(2)14(12-4-3-5-13(16)8-12)9-18-15(22)6-7-21-11-17-10-19-21/h3-5,8,10-11,14H,6-7,9H2,1-2H3,(H,18,22). The van der Waals surface area contributed by atoms with Crippen molar-refractivity contribution in [3.63, 3.8) is 0 Å². The average Bonchev–Trinajstić information content (AvgIpc) is 2.98. The van der Waals surface area contributed by atoms with Gasteiger partial charge in [0.25, 0.3) is 0 Å². The Kier molecular flexibility index (Phi) is 5.60. The number of aryl methyl sites for hydroxylation is 1. The first-order valence-electron chi connectivity index (χ1n) is 7.07. The summed E-state index contributed by atoms with van der Waals surface area (Å²) in [7, 11) is 3.80. The number of nitrogens with one attached hydrogen (secondary N) is 1. The van der Waals surface area contributed by atoms with E-state index in [-0.39, 0.29) is 17.8 Å². The highest BCUT2D eigenvalue weighted by molar-refractivity contribution is 5.75. The van der Waals surface area contributed by atoms with Crippen LogP contribution in [-0.2, 0) is 11.3 Å². The van der Waals surface area contributed by atoms with Crippen molar-refractivity contribution in [1.29, 1.82) is 0 Å². The van der Waals surface area contributed by atoms with Crippen molar-refractivity contribution in [2.75, 3.05) is 20.6 Å². The molecule has 1 aromatic carbocycles. The molecule has 0 aliphatic rings. The number of carbonyl (C=O) groups is 1. The molecule has 6 nitrogen and oxygen atoms in total. The van der Waals surface area contributed by atoms with Crippen LogP contribution < -0.4 is 5.32 Å². The zero-order valence-corrected chi connectivity index (χ0v) is 12.7. The third-order valence-electron chi connectivity index (χ3n) is 3.38. The minimum atomic E-state index is -0.276. The number of halogens is 1. The predicted molar refractivity (Wildman–Crippen MR) is 80.5 cm³/mol. The summed E-state index contributed by atoms with van der Waals surface area (Å²) in [5.74, 6) is -0.347. The summed E-state index contributed by atoms with van der Waals surface area (Å²) in [6, 6.07) is 6.35. The molecule has 0 saturated heterocycles. The summed E-state index contributed by atoms with van der Waals surface area (Å²) in [6.07, 6.45) is 3.33. The van der Waals surface area contributed by atoms with Gasteiger partial charge in [0, 0.05) is 13.0 Å². The number of hydrogen-bond acceptors (Lipinski definition) is 4. The number of amides is 1. The number of carbonyl (C=O) groups excluding carboxylic acids is 1. The van der Waals surface area contributed by atoms with Gasteiger partial charge in [0.1, 0.15) is 18.5 Å². The van der Waals surface area contributed by atoms with E-state index < -0.39 is 0 Å². The van der Waals surface area contributed by atoms with E-state index in [0.717, 1.165) is 5.56 Å². The van der Waals surface area contributed by atoms with E-state index >= 15 is 0 Å². The number of aromatic nitrogens is 3. The van der Waals surface area contributed by atoms with Crippen molar-refractivity contribution < 1.29 is 9.18 Å². The van der Waals surface area contributed by atoms with Gasteiger partial charge < -0.3 is 10.2 Å². The van der Waals surface area contributed by atoms with Gasteiger partial charge in [-0.2, -0.15) is 5.10 Å². The molecule has 0 aliphatic heterocycles. The second-order valence-electron chi connectivity index (χ2n) is 5.25. The third-order valence-corrected chi connectivity index (χ3v) is 3.38. The molecule has 1 N–H and O–H groups in total. The molecule has 1 amide bonds. The lowest BCUT2D eigenvalue weighted by molar-refractivity contribution is -0.121. The molecule has 1 atom stereocenters. The molecule has 22 heavy (non-hydrogen) atoms. The van der Waals surface area contributed by atoms with E-state index in [2.05, 4.69) is 15.4 Å². The van der Waals surface area contributed by atoms with Gasteiger partial charge in [-0.25, -0.2) is 9.37 Å². The van der Waals surface area contributed by atoms with Crippen molar-refractivity contribution in [2.24, 2.45) is 0 Å². The Morgan fingerprint density at radius 1 is 1.45 bits per heavy atom. The van der Waals surface area contributed by atoms with Gasteiger partial charge in [0.15, 0.2) is 0 Å². The van der Waals surface area contributed by atoms with Crippen LogP contribution in [0.15, 0.2) is 36.9 Å². The predicted octanol–water partition coefficient (Wildman–Crippen LogP) is 1.23. The van der Waals surface area contributed by atoms with Crippen LogP contribution >= 0.6 is 0 Å². The molecule has 2 rings (SSSR count).